The number of ether oxygens (including phenoxy) is 2. The predicted molar refractivity (Wildman–Crippen MR) is 75.5 cm³/mol. The number of likely N-dealkylation sites (tertiary alicyclic amines) is 1. The van der Waals surface area contributed by atoms with E-state index in [0.717, 1.165) is 12.8 Å². The van der Waals surface area contributed by atoms with Gasteiger partial charge in [-0.05, 0) is 40.5 Å². The van der Waals surface area contributed by atoms with Crippen molar-refractivity contribution in [3.63, 3.8) is 0 Å². The van der Waals surface area contributed by atoms with E-state index < -0.39 is 5.60 Å². The number of hydrogen-bond acceptors (Lipinski definition) is 5. The Morgan fingerprint density at radius 1 is 1.35 bits per heavy atom. The molecule has 1 aliphatic rings. The number of carbonyl (C=O) groups excluding carboxylic acids is 2. The molecule has 0 spiro atoms. The lowest BCUT2D eigenvalue weighted by Gasteiger charge is -2.34. The Labute approximate surface area is 120 Å². The normalized spacial score (nSPS) is 19.6. The molecule has 0 radical (unpaired) electrons. The molecule has 0 aromatic carbocycles. The Bertz CT molecular complexity index is 339. The highest BCUT2D eigenvalue weighted by Gasteiger charge is 2.27. The lowest BCUT2D eigenvalue weighted by molar-refractivity contribution is -0.142. The Morgan fingerprint density at radius 3 is 2.65 bits per heavy atom. The van der Waals surface area contributed by atoms with Crippen molar-refractivity contribution in [2.75, 3.05) is 26.2 Å². The summed E-state index contributed by atoms with van der Waals surface area (Å²) in [4.78, 5) is 25.0. The number of hydrogen-bond donors (Lipinski definition) is 1. The summed E-state index contributed by atoms with van der Waals surface area (Å²) in [6, 6.07) is 0.112. The number of amides is 1. The molecule has 20 heavy (non-hydrogen) atoms. The average molecular weight is 286 g/mol. The van der Waals surface area contributed by atoms with Gasteiger partial charge in [-0.3, -0.25) is 4.79 Å². The van der Waals surface area contributed by atoms with Crippen molar-refractivity contribution in [2.24, 2.45) is 0 Å². The molecule has 6 nitrogen and oxygen atoms in total. The number of nitrogens with zero attached hydrogens (tertiary/aromatic N) is 1. The van der Waals surface area contributed by atoms with Crippen LogP contribution in [0.15, 0.2) is 0 Å². The topological polar surface area (TPSA) is 67.9 Å². The van der Waals surface area contributed by atoms with Crippen LogP contribution in [-0.2, 0) is 14.3 Å². The van der Waals surface area contributed by atoms with Crippen LogP contribution in [0, 0.1) is 0 Å². The molecule has 0 aromatic rings. The summed E-state index contributed by atoms with van der Waals surface area (Å²) in [5, 5.41) is 3.13. The summed E-state index contributed by atoms with van der Waals surface area (Å²) in [5.74, 6) is -0.262. The molecule has 1 heterocycles. The molecule has 0 unspecified atom stereocenters. The van der Waals surface area contributed by atoms with Crippen molar-refractivity contribution in [1.29, 1.82) is 0 Å². The highest BCUT2D eigenvalue weighted by atomic mass is 16.6. The molecule has 1 rings (SSSR count). The van der Waals surface area contributed by atoms with Crippen molar-refractivity contribution >= 4 is 12.1 Å². The molecule has 6 heteroatoms. The van der Waals surface area contributed by atoms with Gasteiger partial charge in [0, 0.05) is 19.1 Å². The van der Waals surface area contributed by atoms with Gasteiger partial charge in [0.25, 0.3) is 0 Å². The third kappa shape index (κ3) is 6.23. The van der Waals surface area contributed by atoms with Crippen molar-refractivity contribution in [2.45, 2.75) is 52.2 Å². The minimum Gasteiger partial charge on any atom is -0.465 e. The summed E-state index contributed by atoms with van der Waals surface area (Å²) >= 11 is 0. The molecular weight excluding hydrogens is 260 g/mol. The first-order chi connectivity index (χ1) is 9.31. The third-order valence-corrected chi connectivity index (χ3v) is 2.91. The second-order valence-electron chi connectivity index (χ2n) is 5.95. The SMILES string of the molecule is CCOC(=O)CN[C@H]1CCCN(C(=O)OC(C)(C)C)C1. The largest absolute Gasteiger partial charge is 0.465 e. The number of carbonyl (C=O) groups is 2. The van der Waals surface area contributed by atoms with Crippen LogP contribution in [-0.4, -0.2) is 54.8 Å². The van der Waals surface area contributed by atoms with Crippen molar-refractivity contribution in [3.8, 4) is 0 Å². The number of esters is 1. The van der Waals surface area contributed by atoms with E-state index in [9.17, 15) is 9.59 Å². The Hall–Kier alpha value is -1.30. The lowest BCUT2D eigenvalue weighted by Crippen LogP contribution is -2.50. The fourth-order valence-electron chi connectivity index (χ4n) is 2.08. The van der Waals surface area contributed by atoms with Crippen molar-refractivity contribution < 1.29 is 19.1 Å². The van der Waals surface area contributed by atoms with Crippen LogP contribution in [0.1, 0.15) is 40.5 Å². The van der Waals surface area contributed by atoms with Crippen LogP contribution in [0.25, 0.3) is 0 Å². The monoisotopic (exact) mass is 286 g/mol. The number of piperidine rings is 1. The molecule has 1 fully saturated rings. The summed E-state index contributed by atoms with van der Waals surface area (Å²) < 4.78 is 10.2. The number of rotatable bonds is 4. The zero-order valence-corrected chi connectivity index (χ0v) is 12.9. The van der Waals surface area contributed by atoms with Crippen LogP contribution in [0.3, 0.4) is 0 Å². The lowest BCUT2D eigenvalue weighted by atomic mass is 10.1. The van der Waals surface area contributed by atoms with Gasteiger partial charge < -0.3 is 19.7 Å². The maximum absolute atomic E-state index is 12.0. The molecule has 116 valence electrons. The van der Waals surface area contributed by atoms with Gasteiger partial charge in [0.15, 0.2) is 0 Å². The average Bonchev–Trinajstić information content (AvgIpc) is 2.35. The van der Waals surface area contributed by atoms with E-state index in [1.165, 1.54) is 0 Å². The molecule has 1 saturated heterocycles. The summed E-state index contributed by atoms with van der Waals surface area (Å²) in [7, 11) is 0. The van der Waals surface area contributed by atoms with E-state index in [-0.39, 0.29) is 24.6 Å². The van der Waals surface area contributed by atoms with E-state index in [4.69, 9.17) is 9.47 Å². The van der Waals surface area contributed by atoms with Gasteiger partial charge in [-0.25, -0.2) is 4.79 Å². The van der Waals surface area contributed by atoms with Crippen LogP contribution in [0.5, 0.6) is 0 Å². The minimum absolute atomic E-state index is 0.112. The van der Waals surface area contributed by atoms with Gasteiger partial charge >= 0.3 is 12.1 Å². The van der Waals surface area contributed by atoms with Gasteiger partial charge in [0.1, 0.15) is 5.60 Å². The maximum atomic E-state index is 12.0. The van der Waals surface area contributed by atoms with Gasteiger partial charge in [0.05, 0.1) is 13.2 Å². The van der Waals surface area contributed by atoms with Crippen molar-refractivity contribution in [3.05, 3.63) is 0 Å². The van der Waals surface area contributed by atoms with Crippen molar-refractivity contribution in [1.82, 2.24) is 10.2 Å². The van der Waals surface area contributed by atoms with Crippen LogP contribution < -0.4 is 5.32 Å². The smallest absolute Gasteiger partial charge is 0.410 e. The first-order valence-corrected chi connectivity index (χ1v) is 7.18. The fraction of sp³-hybridized carbons (Fsp3) is 0.857. The zero-order valence-electron chi connectivity index (χ0n) is 12.9. The molecule has 1 N–H and O–H groups in total. The van der Waals surface area contributed by atoms with Crippen LogP contribution in [0.4, 0.5) is 4.79 Å². The second-order valence-corrected chi connectivity index (χ2v) is 5.95. The first-order valence-electron chi connectivity index (χ1n) is 7.18. The van der Waals surface area contributed by atoms with Gasteiger partial charge in [0.2, 0.25) is 0 Å². The zero-order chi connectivity index (χ0) is 15.2. The highest BCUT2D eigenvalue weighted by Crippen LogP contribution is 2.15. The molecule has 0 bridgehead atoms. The molecule has 1 amide bonds. The minimum atomic E-state index is -0.484. The standard InChI is InChI=1S/C14H26N2O4/c1-5-19-12(17)9-15-11-7-6-8-16(10-11)13(18)20-14(2,3)4/h11,15H,5-10H2,1-4H3/t11-/m0/s1. The van der Waals surface area contributed by atoms with Gasteiger partial charge in [-0.15, -0.1) is 0 Å². The first kappa shape index (κ1) is 16.8. The summed E-state index contributed by atoms with van der Waals surface area (Å²) in [5.41, 5.74) is -0.484. The van der Waals surface area contributed by atoms with E-state index in [2.05, 4.69) is 5.32 Å². The van der Waals surface area contributed by atoms with Gasteiger partial charge in [-0.2, -0.15) is 0 Å². The Kier molecular flexibility index (Phi) is 6.26. The molecular formula is C14H26N2O4. The Morgan fingerprint density at radius 2 is 2.05 bits per heavy atom. The molecule has 0 saturated carbocycles. The maximum Gasteiger partial charge on any atom is 0.410 e. The van der Waals surface area contributed by atoms with Gasteiger partial charge in [-0.1, -0.05) is 0 Å². The number of nitrogens with one attached hydrogen (secondary N) is 1. The quantitative estimate of drug-likeness (QED) is 0.794. The molecule has 1 aliphatic heterocycles. The molecule has 0 aromatic heterocycles. The van der Waals surface area contributed by atoms with E-state index >= 15 is 0 Å². The van der Waals surface area contributed by atoms with Crippen LogP contribution >= 0.6 is 0 Å². The predicted octanol–water partition coefficient (Wildman–Crippen LogP) is 1.54. The molecule has 0 aliphatic carbocycles. The molecule has 1 atom stereocenters. The third-order valence-electron chi connectivity index (χ3n) is 2.91. The fourth-order valence-corrected chi connectivity index (χ4v) is 2.08. The highest BCUT2D eigenvalue weighted by molar-refractivity contribution is 5.71. The van der Waals surface area contributed by atoms with Crippen LogP contribution in [0.2, 0.25) is 0 Å². The second kappa shape index (κ2) is 7.47. The Balaban J connectivity index is 2.38. The summed E-state index contributed by atoms with van der Waals surface area (Å²) in [6.07, 6.45) is 1.55. The van der Waals surface area contributed by atoms with E-state index in [1.54, 1.807) is 11.8 Å². The van der Waals surface area contributed by atoms with E-state index in [1.807, 2.05) is 20.8 Å². The summed E-state index contributed by atoms with van der Waals surface area (Å²) in [6.45, 7) is 9.17. The van der Waals surface area contributed by atoms with E-state index in [0.29, 0.717) is 19.7 Å².